The third-order valence-electron chi connectivity index (χ3n) is 4.00. The van der Waals surface area contributed by atoms with Gasteiger partial charge in [-0.3, -0.25) is 0 Å². The highest BCUT2D eigenvalue weighted by molar-refractivity contribution is 7.18. The van der Waals surface area contributed by atoms with Crippen LogP contribution >= 0.6 is 22.9 Å². The molecule has 1 aliphatic rings. The monoisotopic (exact) mass is 295 g/mol. The molecule has 0 radical (unpaired) electrons. The number of hydrogen-bond acceptors (Lipinski definition) is 4. The second-order valence-electron chi connectivity index (χ2n) is 5.28. The Morgan fingerprint density at radius 2 is 2.21 bits per heavy atom. The van der Waals surface area contributed by atoms with Gasteiger partial charge >= 0.3 is 0 Å². The summed E-state index contributed by atoms with van der Waals surface area (Å²) in [6, 6.07) is 2.16. The fourth-order valence-electron chi connectivity index (χ4n) is 2.93. The maximum atomic E-state index is 6.03. The number of nitrogens with zero attached hydrogens (tertiary/aromatic N) is 2. The Morgan fingerprint density at radius 1 is 1.37 bits per heavy atom. The zero-order chi connectivity index (χ0) is 13.2. The molecule has 2 aromatic heterocycles. The minimum atomic E-state index is 0.663. The van der Waals surface area contributed by atoms with E-state index in [1.165, 1.54) is 24.1 Å². The van der Waals surface area contributed by atoms with Crippen LogP contribution in [0.3, 0.4) is 0 Å². The van der Waals surface area contributed by atoms with Gasteiger partial charge in [-0.05, 0) is 37.7 Å². The summed E-state index contributed by atoms with van der Waals surface area (Å²) in [5, 5.41) is 4.65. The number of hydrogen-bond donors (Lipinski definition) is 1. The van der Waals surface area contributed by atoms with Gasteiger partial charge < -0.3 is 5.32 Å². The summed E-state index contributed by atoms with van der Waals surface area (Å²) in [4.78, 5) is 11.0. The summed E-state index contributed by atoms with van der Waals surface area (Å²) >= 11 is 7.75. The molecule has 0 aliphatic heterocycles. The van der Waals surface area contributed by atoms with E-state index < -0.39 is 0 Å². The van der Waals surface area contributed by atoms with Crippen LogP contribution in [0.1, 0.15) is 24.1 Å². The van der Waals surface area contributed by atoms with Crippen molar-refractivity contribution < 1.29 is 0 Å². The first-order chi connectivity index (χ1) is 9.28. The lowest BCUT2D eigenvalue weighted by Gasteiger charge is -2.18. The Bertz CT molecular complexity index is 569. The minimum Gasteiger partial charge on any atom is -0.369 e. The molecule has 5 heteroatoms. The molecule has 19 heavy (non-hydrogen) atoms. The van der Waals surface area contributed by atoms with Crippen molar-refractivity contribution in [3.05, 3.63) is 17.3 Å². The Hall–Kier alpha value is -0.870. The van der Waals surface area contributed by atoms with E-state index in [4.69, 9.17) is 11.6 Å². The molecule has 1 aliphatic carbocycles. The molecule has 0 aromatic carbocycles. The highest BCUT2D eigenvalue weighted by atomic mass is 35.5. The number of alkyl halides is 1. The topological polar surface area (TPSA) is 37.8 Å². The second kappa shape index (κ2) is 5.63. The van der Waals surface area contributed by atoms with E-state index in [1.807, 2.05) is 0 Å². The van der Waals surface area contributed by atoms with Crippen LogP contribution in [0.2, 0.25) is 0 Å². The summed E-state index contributed by atoms with van der Waals surface area (Å²) in [7, 11) is 0. The van der Waals surface area contributed by atoms with E-state index >= 15 is 0 Å². The average Bonchev–Trinajstić information content (AvgIpc) is 3.00. The Balaban J connectivity index is 1.74. The first-order valence-corrected chi connectivity index (χ1v) is 8.14. The number of aryl methyl sites for hydroxylation is 1. The number of thiophene rings is 1. The first kappa shape index (κ1) is 13.1. The molecule has 2 atom stereocenters. The summed E-state index contributed by atoms with van der Waals surface area (Å²) in [5.74, 6) is 3.09. The summed E-state index contributed by atoms with van der Waals surface area (Å²) in [5.41, 5.74) is 0. The molecule has 0 bridgehead atoms. The van der Waals surface area contributed by atoms with Gasteiger partial charge in [0.05, 0.1) is 5.39 Å². The fraction of sp³-hybridized carbons (Fsp3) is 0.571. The molecule has 2 unspecified atom stereocenters. The smallest absolute Gasteiger partial charge is 0.138 e. The number of halogens is 1. The minimum absolute atomic E-state index is 0.663. The van der Waals surface area contributed by atoms with Gasteiger partial charge in [-0.1, -0.05) is 6.42 Å². The van der Waals surface area contributed by atoms with Gasteiger partial charge in [0.1, 0.15) is 17.0 Å². The lowest BCUT2D eigenvalue weighted by molar-refractivity contribution is 0.444. The first-order valence-electron chi connectivity index (χ1n) is 6.79. The number of rotatable bonds is 4. The molecule has 3 rings (SSSR count). The maximum Gasteiger partial charge on any atom is 0.138 e. The molecule has 1 saturated carbocycles. The number of fused-ring (bicyclic) bond motifs is 1. The molecule has 0 spiro atoms. The molecule has 0 amide bonds. The molecule has 2 heterocycles. The lowest BCUT2D eigenvalue weighted by atomic mass is 9.98. The van der Waals surface area contributed by atoms with Crippen LogP contribution in [-0.2, 0) is 0 Å². The van der Waals surface area contributed by atoms with Crippen molar-refractivity contribution in [2.45, 2.75) is 26.2 Å². The molecular formula is C14H18ClN3S. The highest BCUT2D eigenvalue weighted by Crippen LogP contribution is 2.33. The van der Waals surface area contributed by atoms with Crippen LogP contribution in [0.5, 0.6) is 0 Å². The van der Waals surface area contributed by atoms with Crippen molar-refractivity contribution in [1.29, 1.82) is 0 Å². The van der Waals surface area contributed by atoms with E-state index in [-0.39, 0.29) is 0 Å². The van der Waals surface area contributed by atoms with Crippen LogP contribution < -0.4 is 5.32 Å². The molecule has 1 fully saturated rings. The van der Waals surface area contributed by atoms with Crippen LogP contribution in [-0.4, -0.2) is 22.4 Å². The highest BCUT2D eigenvalue weighted by Gasteiger charge is 2.26. The average molecular weight is 296 g/mol. The number of nitrogens with one attached hydrogen (secondary N) is 1. The Kier molecular flexibility index (Phi) is 3.89. The zero-order valence-electron chi connectivity index (χ0n) is 11.0. The molecule has 1 N–H and O–H groups in total. The van der Waals surface area contributed by atoms with Crippen molar-refractivity contribution in [1.82, 2.24) is 9.97 Å². The Morgan fingerprint density at radius 3 is 3.05 bits per heavy atom. The van der Waals surface area contributed by atoms with E-state index in [0.717, 1.165) is 28.5 Å². The van der Waals surface area contributed by atoms with Gasteiger partial charge in [0.25, 0.3) is 0 Å². The standard InChI is InChI=1S/C14H18ClN3S/c1-9-5-12-13(17-8-18-14(12)19-9)16-7-11-4-2-3-10(11)6-15/h5,8,10-11H,2-4,6-7H2,1H3,(H,16,17,18). The van der Waals surface area contributed by atoms with Crippen molar-refractivity contribution in [3.8, 4) is 0 Å². The van der Waals surface area contributed by atoms with E-state index in [9.17, 15) is 0 Å². The number of aromatic nitrogens is 2. The van der Waals surface area contributed by atoms with Crippen molar-refractivity contribution in [3.63, 3.8) is 0 Å². The lowest BCUT2D eigenvalue weighted by Crippen LogP contribution is -2.19. The molecule has 2 aromatic rings. The SMILES string of the molecule is Cc1cc2c(NCC3CCCC3CCl)ncnc2s1. The van der Waals surface area contributed by atoms with Crippen molar-refractivity contribution >= 4 is 39.0 Å². The van der Waals surface area contributed by atoms with E-state index in [2.05, 4.69) is 28.3 Å². The third kappa shape index (κ3) is 2.70. The van der Waals surface area contributed by atoms with Gasteiger partial charge in [-0.2, -0.15) is 0 Å². The van der Waals surface area contributed by atoms with Gasteiger partial charge in [0.2, 0.25) is 0 Å². The predicted octanol–water partition coefficient (Wildman–Crippen LogP) is 4.07. The maximum absolute atomic E-state index is 6.03. The van der Waals surface area contributed by atoms with Gasteiger partial charge in [0.15, 0.2) is 0 Å². The van der Waals surface area contributed by atoms with Crippen LogP contribution in [0, 0.1) is 18.8 Å². The summed E-state index contributed by atoms with van der Waals surface area (Å²) < 4.78 is 0. The zero-order valence-corrected chi connectivity index (χ0v) is 12.6. The van der Waals surface area contributed by atoms with Gasteiger partial charge in [-0.25, -0.2) is 9.97 Å². The Labute approximate surface area is 122 Å². The fourth-order valence-corrected chi connectivity index (χ4v) is 4.18. The van der Waals surface area contributed by atoms with Crippen LogP contribution in [0.25, 0.3) is 10.2 Å². The van der Waals surface area contributed by atoms with Crippen LogP contribution in [0.15, 0.2) is 12.4 Å². The largest absolute Gasteiger partial charge is 0.369 e. The summed E-state index contributed by atoms with van der Waals surface area (Å²) in [6.45, 7) is 3.08. The third-order valence-corrected chi connectivity index (χ3v) is 5.35. The second-order valence-corrected chi connectivity index (χ2v) is 6.83. The van der Waals surface area contributed by atoms with Gasteiger partial charge in [-0.15, -0.1) is 22.9 Å². The van der Waals surface area contributed by atoms with Gasteiger partial charge in [0, 0.05) is 17.3 Å². The molecule has 3 nitrogen and oxygen atoms in total. The molecular weight excluding hydrogens is 278 g/mol. The molecule has 102 valence electrons. The molecule has 0 saturated heterocycles. The normalized spacial score (nSPS) is 23.1. The van der Waals surface area contributed by atoms with Crippen molar-refractivity contribution in [2.24, 2.45) is 11.8 Å². The van der Waals surface area contributed by atoms with Crippen molar-refractivity contribution in [2.75, 3.05) is 17.7 Å². The van der Waals surface area contributed by atoms with E-state index in [1.54, 1.807) is 17.7 Å². The van der Waals surface area contributed by atoms with E-state index in [0.29, 0.717) is 11.8 Å². The summed E-state index contributed by atoms with van der Waals surface area (Å²) in [6.07, 6.45) is 5.50. The quantitative estimate of drug-likeness (QED) is 0.864. The van der Waals surface area contributed by atoms with Crippen LogP contribution in [0.4, 0.5) is 5.82 Å². The number of anilines is 1. The predicted molar refractivity (Wildman–Crippen MR) is 82.2 cm³/mol.